The zero-order valence-corrected chi connectivity index (χ0v) is 17.0. The molecule has 0 aliphatic heterocycles. The number of nitrogens with one attached hydrogen (secondary N) is 1. The second-order valence-corrected chi connectivity index (χ2v) is 6.51. The fourth-order valence-corrected chi connectivity index (χ4v) is 2.84. The summed E-state index contributed by atoms with van der Waals surface area (Å²) in [6, 6.07) is 16.5. The molecule has 0 saturated heterocycles. The van der Waals surface area contributed by atoms with Crippen LogP contribution in [0.5, 0.6) is 11.5 Å². The summed E-state index contributed by atoms with van der Waals surface area (Å²) < 4.78 is 11.6. The number of hydrazone groups is 1. The summed E-state index contributed by atoms with van der Waals surface area (Å²) in [5.41, 5.74) is 5.43. The second kappa shape index (κ2) is 10.5. The van der Waals surface area contributed by atoms with Gasteiger partial charge in [-0.25, -0.2) is 4.98 Å². The summed E-state index contributed by atoms with van der Waals surface area (Å²) in [6.07, 6.45) is 5.17. The number of nitro groups is 1. The lowest BCUT2D eigenvalue weighted by Gasteiger charge is -2.16. The molecule has 0 amide bonds. The van der Waals surface area contributed by atoms with Crippen LogP contribution in [-0.2, 0) is 13.0 Å². The first-order chi connectivity index (χ1) is 15.1. The zero-order chi connectivity index (χ0) is 22.1. The van der Waals surface area contributed by atoms with Crippen LogP contribution >= 0.6 is 0 Å². The van der Waals surface area contributed by atoms with Crippen LogP contribution in [0, 0.1) is 10.1 Å². The number of benzene rings is 2. The molecule has 0 saturated carbocycles. The third-order valence-corrected chi connectivity index (χ3v) is 4.32. The number of anilines is 1. The average Bonchev–Trinajstić information content (AvgIpc) is 2.79. The Kier molecular flexibility index (Phi) is 7.31. The van der Waals surface area contributed by atoms with Crippen LogP contribution in [-0.4, -0.2) is 23.2 Å². The lowest BCUT2D eigenvalue weighted by Crippen LogP contribution is -2.02. The fourth-order valence-electron chi connectivity index (χ4n) is 2.84. The standard InChI is InChI=1S/C23H22N4O4/c1-3-7-19-12-18(14-25-26-22-11-10-20(15-24-22)27(28)29)13-21(30-2)23(19)31-16-17-8-5-4-6-9-17/h3-6,8-15H,1,7,16H2,2H3,(H,24,26)/b25-14+. The molecule has 1 aromatic heterocycles. The van der Waals surface area contributed by atoms with Gasteiger partial charge in [0.05, 0.1) is 18.2 Å². The largest absolute Gasteiger partial charge is 0.493 e. The molecule has 1 heterocycles. The van der Waals surface area contributed by atoms with Crippen LogP contribution in [0.15, 0.2) is 78.6 Å². The van der Waals surface area contributed by atoms with Crippen molar-refractivity contribution in [3.05, 3.63) is 100 Å². The van der Waals surface area contributed by atoms with Crippen molar-refractivity contribution in [2.75, 3.05) is 12.5 Å². The van der Waals surface area contributed by atoms with E-state index in [4.69, 9.17) is 9.47 Å². The third kappa shape index (κ3) is 5.89. The molecular formula is C23H22N4O4. The molecule has 31 heavy (non-hydrogen) atoms. The van der Waals surface area contributed by atoms with Crippen molar-refractivity contribution in [1.82, 2.24) is 4.98 Å². The molecule has 0 aliphatic carbocycles. The maximum Gasteiger partial charge on any atom is 0.287 e. The van der Waals surface area contributed by atoms with Gasteiger partial charge in [-0.1, -0.05) is 36.4 Å². The normalized spacial score (nSPS) is 10.6. The van der Waals surface area contributed by atoms with Crippen LogP contribution in [0.3, 0.4) is 0 Å². The average molecular weight is 418 g/mol. The number of pyridine rings is 1. The van der Waals surface area contributed by atoms with E-state index >= 15 is 0 Å². The minimum atomic E-state index is -0.505. The highest BCUT2D eigenvalue weighted by Gasteiger charge is 2.13. The molecule has 8 nitrogen and oxygen atoms in total. The molecule has 8 heteroatoms. The maximum atomic E-state index is 10.7. The second-order valence-electron chi connectivity index (χ2n) is 6.51. The van der Waals surface area contributed by atoms with E-state index in [1.165, 1.54) is 18.3 Å². The molecule has 0 aliphatic rings. The van der Waals surface area contributed by atoms with Gasteiger partial charge in [-0.3, -0.25) is 15.5 Å². The number of allylic oxidation sites excluding steroid dienone is 1. The van der Waals surface area contributed by atoms with Crippen LogP contribution in [0.25, 0.3) is 0 Å². The van der Waals surface area contributed by atoms with Crippen LogP contribution < -0.4 is 14.9 Å². The maximum absolute atomic E-state index is 10.7. The number of rotatable bonds is 10. The van der Waals surface area contributed by atoms with Crippen molar-refractivity contribution in [3.63, 3.8) is 0 Å². The number of ether oxygens (including phenoxy) is 2. The van der Waals surface area contributed by atoms with Crippen molar-refractivity contribution in [2.45, 2.75) is 13.0 Å². The van der Waals surface area contributed by atoms with Crippen molar-refractivity contribution < 1.29 is 14.4 Å². The monoisotopic (exact) mass is 418 g/mol. The summed E-state index contributed by atoms with van der Waals surface area (Å²) in [5.74, 6) is 1.64. The number of hydrogen-bond donors (Lipinski definition) is 1. The molecule has 3 aromatic rings. The Morgan fingerprint density at radius 1 is 1.23 bits per heavy atom. The molecule has 0 fully saturated rings. The SMILES string of the molecule is C=CCc1cc(/C=N/Nc2ccc([N+](=O)[O-])cn2)cc(OC)c1OCc1ccccc1. The Balaban J connectivity index is 1.77. The minimum absolute atomic E-state index is 0.0839. The lowest BCUT2D eigenvalue weighted by molar-refractivity contribution is -0.385. The number of hydrogen-bond acceptors (Lipinski definition) is 7. The summed E-state index contributed by atoms with van der Waals surface area (Å²) in [7, 11) is 1.59. The van der Waals surface area contributed by atoms with Crippen molar-refractivity contribution >= 4 is 17.7 Å². The van der Waals surface area contributed by atoms with Gasteiger partial charge in [0, 0.05) is 11.6 Å². The van der Waals surface area contributed by atoms with Crippen molar-refractivity contribution in [2.24, 2.45) is 5.10 Å². The van der Waals surface area contributed by atoms with Gasteiger partial charge in [-0.05, 0) is 35.7 Å². The first-order valence-corrected chi connectivity index (χ1v) is 9.48. The van der Waals surface area contributed by atoms with Gasteiger partial charge in [0.2, 0.25) is 0 Å². The van der Waals surface area contributed by atoms with E-state index < -0.39 is 4.92 Å². The highest BCUT2D eigenvalue weighted by atomic mass is 16.6. The summed E-state index contributed by atoms with van der Waals surface area (Å²) >= 11 is 0. The van der Waals surface area contributed by atoms with E-state index in [0.29, 0.717) is 30.3 Å². The molecule has 2 aromatic carbocycles. The number of methoxy groups -OCH3 is 1. The van der Waals surface area contributed by atoms with Gasteiger partial charge in [0.15, 0.2) is 11.5 Å². The molecule has 3 rings (SSSR count). The molecule has 0 unspecified atom stereocenters. The van der Waals surface area contributed by atoms with Gasteiger partial charge in [-0.15, -0.1) is 6.58 Å². The first kappa shape index (κ1) is 21.5. The first-order valence-electron chi connectivity index (χ1n) is 9.48. The van der Waals surface area contributed by atoms with Gasteiger partial charge < -0.3 is 9.47 Å². The zero-order valence-electron chi connectivity index (χ0n) is 17.0. The smallest absolute Gasteiger partial charge is 0.287 e. The Morgan fingerprint density at radius 3 is 2.68 bits per heavy atom. The summed E-state index contributed by atoms with van der Waals surface area (Å²) in [5, 5.41) is 14.9. The van der Waals surface area contributed by atoms with Crippen molar-refractivity contribution in [3.8, 4) is 11.5 Å². The Morgan fingerprint density at radius 2 is 2.03 bits per heavy atom. The predicted octanol–water partition coefficient (Wildman–Crippen LogP) is 4.75. The summed E-state index contributed by atoms with van der Waals surface area (Å²) in [6.45, 7) is 4.24. The van der Waals surface area contributed by atoms with E-state index in [2.05, 4.69) is 22.1 Å². The Hall–Kier alpha value is -4.20. The predicted molar refractivity (Wildman–Crippen MR) is 120 cm³/mol. The quantitative estimate of drug-likeness (QED) is 0.221. The van der Waals surface area contributed by atoms with E-state index in [1.54, 1.807) is 19.4 Å². The highest BCUT2D eigenvalue weighted by Crippen LogP contribution is 2.34. The van der Waals surface area contributed by atoms with E-state index in [-0.39, 0.29) is 5.69 Å². The van der Waals surface area contributed by atoms with Crippen LogP contribution in [0.2, 0.25) is 0 Å². The van der Waals surface area contributed by atoms with Gasteiger partial charge >= 0.3 is 0 Å². The van der Waals surface area contributed by atoms with Crippen LogP contribution in [0.4, 0.5) is 11.5 Å². The molecule has 158 valence electrons. The molecular weight excluding hydrogens is 396 g/mol. The van der Waals surface area contributed by atoms with Gasteiger partial charge in [0.25, 0.3) is 5.69 Å². The Bertz CT molecular complexity index is 1070. The van der Waals surface area contributed by atoms with E-state index in [9.17, 15) is 10.1 Å². The Labute approximate surface area is 180 Å². The molecule has 1 N–H and O–H groups in total. The molecule has 0 spiro atoms. The highest BCUT2D eigenvalue weighted by molar-refractivity contribution is 5.82. The van der Waals surface area contributed by atoms with Gasteiger partial charge in [-0.2, -0.15) is 5.10 Å². The summed E-state index contributed by atoms with van der Waals surface area (Å²) in [4.78, 5) is 14.1. The number of nitrogens with zero attached hydrogens (tertiary/aromatic N) is 3. The molecule has 0 radical (unpaired) electrons. The van der Waals surface area contributed by atoms with E-state index in [0.717, 1.165) is 16.7 Å². The fraction of sp³-hybridized carbons (Fsp3) is 0.130. The minimum Gasteiger partial charge on any atom is -0.493 e. The van der Waals surface area contributed by atoms with Crippen LogP contribution in [0.1, 0.15) is 16.7 Å². The van der Waals surface area contributed by atoms with E-state index in [1.807, 2.05) is 42.5 Å². The molecule has 0 bridgehead atoms. The number of aromatic nitrogens is 1. The topological polar surface area (TPSA) is 98.9 Å². The third-order valence-electron chi connectivity index (χ3n) is 4.32. The molecule has 0 atom stereocenters. The van der Waals surface area contributed by atoms with Crippen molar-refractivity contribution in [1.29, 1.82) is 0 Å². The van der Waals surface area contributed by atoms with Gasteiger partial charge in [0.1, 0.15) is 18.6 Å². The lowest BCUT2D eigenvalue weighted by atomic mass is 10.1.